The molecule has 1 aromatic rings. The van der Waals surface area contributed by atoms with Crippen molar-refractivity contribution < 1.29 is 4.79 Å². The van der Waals surface area contributed by atoms with Gasteiger partial charge in [0.05, 0.1) is 11.9 Å². The summed E-state index contributed by atoms with van der Waals surface area (Å²) >= 11 is 0. The van der Waals surface area contributed by atoms with E-state index in [1.54, 1.807) is 6.20 Å². The predicted molar refractivity (Wildman–Crippen MR) is 76.0 cm³/mol. The van der Waals surface area contributed by atoms with Gasteiger partial charge in [0.15, 0.2) is 0 Å². The average Bonchev–Trinajstić information content (AvgIpc) is 2.40. The van der Waals surface area contributed by atoms with Crippen molar-refractivity contribution in [3.63, 3.8) is 0 Å². The van der Waals surface area contributed by atoms with Gasteiger partial charge in [-0.2, -0.15) is 0 Å². The fourth-order valence-electron chi connectivity index (χ4n) is 1.76. The van der Waals surface area contributed by atoms with Gasteiger partial charge in [-0.05, 0) is 32.4 Å². The van der Waals surface area contributed by atoms with E-state index in [4.69, 9.17) is 0 Å². The molecule has 100 valence electrons. The summed E-state index contributed by atoms with van der Waals surface area (Å²) in [4.78, 5) is 18.1. The van der Waals surface area contributed by atoms with E-state index >= 15 is 0 Å². The Morgan fingerprint density at radius 1 is 1.28 bits per heavy atom. The summed E-state index contributed by atoms with van der Waals surface area (Å²) in [6, 6.07) is 3.85. The second-order valence-corrected chi connectivity index (χ2v) is 4.23. The zero-order valence-electron chi connectivity index (χ0n) is 11.6. The lowest BCUT2D eigenvalue weighted by Crippen LogP contribution is -2.22. The third-order valence-corrected chi connectivity index (χ3v) is 2.88. The summed E-state index contributed by atoms with van der Waals surface area (Å²) in [7, 11) is 0. The van der Waals surface area contributed by atoms with E-state index in [9.17, 15) is 4.79 Å². The minimum Gasteiger partial charge on any atom is -0.357 e. The summed E-state index contributed by atoms with van der Waals surface area (Å²) in [5, 5.41) is 2.86. The Bertz CT molecular complexity index is 358. The number of amides is 1. The molecular formula is C14H23N3O. The van der Waals surface area contributed by atoms with E-state index in [1.165, 1.54) is 0 Å². The lowest BCUT2D eigenvalue weighted by Gasteiger charge is -2.19. The maximum Gasteiger partial charge on any atom is 0.224 e. The van der Waals surface area contributed by atoms with E-state index in [0.717, 1.165) is 37.4 Å². The van der Waals surface area contributed by atoms with E-state index < -0.39 is 0 Å². The van der Waals surface area contributed by atoms with Gasteiger partial charge in [0.25, 0.3) is 0 Å². The minimum absolute atomic E-state index is 0.0641. The van der Waals surface area contributed by atoms with Crippen molar-refractivity contribution in [3.05, 3.63) is 18.3 Å². The Morgan fingerprint density at radius 2 is 2.00 bits per heavy atom. The molecule has 0 unspecified atom stereocenters. The molecule has 0 saturated heterocycles. The van der Waals surface area contributed by atoms with Crippen LogP contribution in [0.3, 0.4) is 0 Å². The van der Waals surface area contributed by atoms with Gasteiger partial charge in [-0.1, -0.05) is 13.3 Å². The zero-order chi connectivity index (χ0) is 13.4. The van der Waals surface area contributed by atoms with Crippen molar-refractivity contribution in [1.82, 2.24) is 4.98 Å². The Labute approximate surface area is 109 Å². The second-order valence-electron chi connectivity index (χ2n) is 4.23. The van der Waals surface area contributed by atoms with Crippen LogP contribution in [0.25, 0.3) is 0 Å². The van der Waals surface area contributed by atoms with E-state index in [1.807, 2.05) is 12.1 Å². The van der Waals surface area contributed by atoms with Crippen molar-refractivity contribution >= 4 is 17.4 Å². The van der Waals surface area contributed by atoms with Crippen LogP contribution < -0.4 is 10.2 Å². The molecule has 0 aliphatic heterocycles. The molecule has 4 nitrogen and oxygen atoms in total. The normalized spacial score (nSPS) is 10.2. The van der Waals surface area contributed by atoms with Crippen LogP contribution in [0.1, 0.15) is 40.0 Å². The molecular weight excluding hydrogens is 226 g/mol. The number of nitrogens with zero attached hydrogens (tertiary/aromatic N) is 2. The summed E-state index contributed by atoms with van der Waals surface area (Å²) in [6.45, 7) is 8.16. The highest BCUT2D eigenvalue weighted by molar-refractivity contribution is 5.90. The number of hydrogen-bond donors (Lipinski definition) is 1. The van der Waals surface area contributed by atoms with Gasteiger partial charge in [0.2, 0.25) is 5.91 Å². The van der Waals surface area contributed by atoms with Gasteiger partial charge in [-0.25, -0.2) is 4.98 Å². The van der Waals surface area contributed by atoms with Crippen LogP contribution in [-0.4, -0.2) is 24.0 Å². The third kappa shape index (κ3) is 4.35. The van der Waals surface area contributed by atoms with Gasteiger partial charge >= 0.3 is 0 Å². The van der Waals surface area contributed by atoms with Crippen LogP contribution in [-0.2, 0) is 4.79 Å². The highest BCUT2D eigenvalue weighted by Crippen LogP contribution is 2.14. The van der Waals surface area contributed by atoms with Crippen molar-refractivity contribution in [2.75, 3.05) is 23.3 Å². The Hall–Kier alpha value is -1.58. The standard InChI is InChI=1S/C14H23N3O/c1-4-7-8-14(18)16-12-9-10-13(15-11-12)17(5-2)6-3/h9-11H,4-8H2,1-3H3,(H,16,18). The summed E-state index contributed by atoms with van der Waals surface area (Å²) in [5.74, 6) is 1.01. The number of unbranched alkanes of at least 4 members (excludes halogenated alkanes) is 1. The van der Waals surface area contributed by atoms with Crippen molar-refractivity contribution in [2.24, 2.45) is 0 Å². The summed E-state index contributed by atoms with van der Waals surface area (Å²) in [5.41, 5.74) is 0.770. The van der Waals surface area contributed by atoms with Crippen molar-refractivity contribution in [1.29, 1.82) is 0 Å². The van der Waals surface area contributed by atoms with Gasteiger partial charge < -0.3 is 10.2 Å². The van der Waals surface area contributed by atoms with Crippen LogP contribution in [0.15, 0.2) is 18.3 Å². The molecule has 18 heavy (non-hydrogen) atoms. The molecule has 0 radical (unpaired) electrons. The van der Waals surface area contributed by atoms with Gasteiger partial charge in [0.1, 0.15) is 5.82 Å². The molecule has 0 spiro atoms. The van der Waals surface area contributed by atoms with Gasteiger partial charge in [0, 0.05) is 19.5 Å². The number of anilines is 2. The smallest absolute Gasteiger partial charge is 0.224 e. The Morgan fingerprint density at radius 3 is 2.50 bits per heavy atom. The SMILES string of the molecule is CCCCC(=O)Nc1ccc(N(CC)CC)nc1. The first-order valence-corrected chi connectivity index (χ1v) is 6.72. The maximum absolute atomic E-state index is 11.6. The Balaban J connectivity index is 2.57. The largest absolute Gasteiger partial charge is 0.357 e. The number of hydrogen-bond acceptors (Lipinski definition) is 3. The number of rotatable bonds is 7. The van der Waals surface area contributed by atoms with E-state index in [2.05, 4.69) is 36.0 Å². The molecule has 1 N–H and O–H groups in total. The molecule has 0 atom stereocenters. The minimum atomic E-state index is 0.0641. The molecule has 0 aliphatic carbocycles. The third-order valence-electron chi connectivity index (χ3n) is 2.88. The van der Waals surface area contributed by atoms with Crippen molar-refractivity contribution in [2.45, 2.75) is 40.0 Å². The molecule has 0 saturated carbocycles. The molecule has 0 aromatic carbocycles. The summed E-state index contributed by atoms with van der Waals surface area (Å²) in [6.07, 6.45) is 4.26. The quantitative estimate of drug-likeness (QED) is 0.807. The molecule has 1 amide bonds. The fraction of sp³-hybridized carbons (Fsp3) is 0.571. The van der Waals surface area contributed by atoms with Crippen LogP contribution in [0.5, 0.6) is 0 Å². The highest BCUT2D eigenvalue weighted by Gasteiger charge is 2.05. The lowest BCUT2D eigenvalue weighted by molar-refractivity contribution is -0.116. The van der Waals surface area contributed by atoms with Crippen LogP contribution >= 0.6 is 0 Å². The van der Waals surface area contributed by atoms with E-state index in [-0.39, 0.29) is 5.91 Å². The molecule has 1 heterocycles. The summed E-state index contributed by atoms with van der Waals surface area (Å²) < 4.78 is 0. The predicted octanol–water partition coefficient (Wildman–Crippen LogP) is 3.06. The zero-order valence-corrected chi connectivity index (χ0v) is 11.6. The Kier molecular flexibility index (Phi) is 6.19. The molecule has 0 aliphatic rings. The number of carbonyl (C=O) groups is 1. The average molecular weight is 249 g/mol. The van der Waals surface area contributed by atoms with Crippen LogP contribution in [0.2, 0.25) is 0 Å². The first-order chi connectivity index (χ1) is 8.71. The maximum atomic E-state index is 11.6. The monoisotopic (exact) mass is 249 g/mol. The topological polar surface area (TPSA) is 45.2 Å². The van der Waals surface area contributed by atoms with Gasteiger partial charge in [-0.15, -0.1) is 0 Å². The van der Waals surface area contributed by atoms with Gasteiger partial charge in [-0.3, -0.25) is 4.79 Å². The molecule has 1 aromatic heterocycles. The molecule has 4 heteroatoms. The number of nitrogens with one attached hydrogen (secondary N) is 1. The van der Waals surface area contributed by atoms with E-state index in [0.29, 0.717) is 6.42 Å². The number of carbonyl (C=O) groups excluding carboxylic acids is 1. The number of pyridine rings is 1. The molecule has 1 rings (SSSR count). The number of aromatic nitrogens is 1. The molecule has 0 bridgehead atoms. The highest BCUT2D eigenvalue weighted by atomic mass is 16.1. The van der Waals surface area contributed by atoms with Crippen LogP contribution in [0, 0.1) is 0 Å². The fourth-order valence-corrected chi connectivity index (χ4v) is 1.76. The lowest BCUT2D eigenvalue weighted by atomic mass is 10.2. The first kappa shape index (κ1) is 14.5. The van der Waals surface area contributed by atoms with Crippen LogP contribution in [0.4, 0.5) is 11.5 Å². The van der Waals surface area contributed by atoms with Crippen molar-refractivity contribution in [3.8, 4) is 0 Å². The second kappa shape index (κ2) is 7.69. The first-order valence-electron chi connectivity index (χ1n) is 6.72. The molecule has 0 fully saturated rings.